The molecular formula is C37H45FN4O4. The van der Waals surface area contributed by atoms with Crippen molar-refractivity contribution in [3.8, 4) is 28.3 Å². The van der Waals surface area contributed by atoms with E-state index in [-0.39, 0.29) is 11.2 Å². The number of anilines is 1. The van der Waals surface area contributed by atoms with Crippen LogP contribution in [0, 0.1) is 18.2 Å². The van der Waals surface area contributed by atoms with Crippen LogP contribution in [0.4, 0.5) is 10.1 Å². The van der Waals surface area contributed by atoms with Crippen molar-refractivity contribution in [3.05, 3.63) is 83.7 Å². The number of piperidine rings is 1. The van der Waals surface area contributed by atoms with E-state index in [9.17, 15) is 14.3 Å². The lowest BCUT2D eigenvalue weighted by Gasteiger charge is -2.41. The predicted octanol–water partition coefficient (Wildman–Crippen LogP) is 7.79. The summed E-state index contributed by atoms with van der Waals surface area (Å²) in [6.45, 7) is 14.0. The zero-order valence-corrected chi connectivity index (χ0v) is 27.9. The Labute approximate surface area is 271 Å². The zero-order valence-electron chi connectivity index (χ0n) is 27.9. The number of rotatable bonds is 10. The summed E-state index contributed by atoms with van der Waals surface area (Å²) in [6, 6.07) is 14.3. The number of aromatic nitrogens is 3. The maximum absolute atomic E-state index is 13.3. The van der Waals surface area contributed by atoms with Gasteiger partial charge in [-0.1, -0.05) is 38.1 Å². The van der Waals surface area contributed by atoms with Crippen molar-refractivity contribution in [2.75, 3.05) is 24.6 Å². The molecule has 0 bridgehead atoms. The van der Waals surface area contributed by atoms with Crippen LogP contribution in [0.1, 0.15) is 70.4 Å². The lowest BCUT2D eigenvalue weighted by atomic mass is 9.81. The van der Waals surface area contributed by atoms with Gasteiger partial charge in [0.15, 0.2) is 6.10 Å². The molecule has 46 heavy (non-hydrogen) atoms. The second-order valence-corrected chi connectivity index (χ2v) is 14.0. The van der Waals surface area contributed by atoms with E-state index in [1.54, 1.807) is 18.5 Å². The molecular weight excluding hydrogens is 583 g/mol. The molecule has 1 atom stereocenters. The first kappa shape index (κ1) is 33.1. The van der Waals surface area contributed by atoms with Crippen LogP contribution in [-0.2, 0) is 23.0 Å². The number of carboxylic acids is 1. The van der Waals surface area contributed by atoms with Gasteiger partial charge in [0.2, 0.25) is 0 Å². The van der Waals surface area contributed by atoms with Crippen molar-refractivity contribution < 1.29 is 23.8 Å². The average Bonchev–Trinajstić information content (AvgIpc) is 3.42. The topological polar surface area (TPSA) is 89.7 Å². The Morgan fingerprint density at radius 1 is 1.07 bits per heavy atom. The molecule has 1 saturated heterocycles. The number of imidazole rings is 1. The van der Waals surface area contributed by atoms with Crippen molar-refractivity contribution in [1.29, 1.82) is 0 Å². The lowest BCUT2D eigenvalue weighted by Crippen LogP contribution is -2.39. The first-order valence-corrected chi connectivity index (χ1v) is 15.9. The monoisotopic (exact) mass is 628 g/mol. The summed E-state index contributed by atoms with van der Waals surface area (Å²) in [5.74, 6) is -0.613. The van der Waals surface area contributed by atoms with Crippen molar-refractivity contribution >= 4 is 11.7 Å². The highest BCUT2D eigenvalue weighted by atomic mass is 19.1. The number of pyridine rings is 1. The van der Waals surface area contributed by atoms with Gasteiger partial charge in [-0.05, 0) is 81.3 Å². The highest BCUT2D eigenvalue weighted by molar-refractivity contribution is 5.94. The molecule has 3 heterocycles. The molecule has 1 N–H and O–H groups in total. The van der Waals surface area contributed by atoms with Crippen LogP contribution < -0.4 is 9.64 Å². The standard InChI is InChI=1S/C37H45FN4O4/c1-24-30(34(35(43)44)46-36(2,3)4)33(42-19-17-37(5,6)18-20-42)31(32(40-24)29-22-41(7)23-39-29)26-10-14-28(15-11-26)45-21-16-25-8-12-27(38)13-9-25/h8-15,22-23,34H,16-21H2,1-7H3,(H,43,44)/t34-/m0/s1. The molecule has 8 nitrogen and oxygen atoms in total. The van der Waals surface area contributed by atoms with E-state index in [2.05, 4.69) is 23.7 Å². The SMILES string of the molecule is Cc1nc(-c2cn(C)cn2)c(-c2ccc(OCCc3ccc(F)cc3)cc2)c(N2CCC(C)(C)CC2)c1[C@H](OC(C)(C)C)C(=O)O. The van der Waals surface area contributed by atoms with E-state index in [0.717, 1.165) is 48.3 Å². The summed E-state index contributed by atoms with van der Waals surface area (Å²) >= 11 is 0. The van der Waals surface area contributed by atoms with E-state index in [0.29, 0.717) is 41.4 Å². The smallest absolute Gasteiger partial charge is 0.337 e. The summed E-state index contributed by atoms with van der Waals surface area (Å²) in [5.41, 5.74) is 5.55. The van der Waals surface area contributed by atoms with E-state index in [1.807, 2.05) is 69.8 Å². The van der Waals surface area contributed by atoms with Crippen LogP contribution in [0.3, 0.4) is 0 Å². The fourth-order valence-electron chi connectivity index (χ4n) is 5.92. The first-order valence-electron chi connectivity index (χ1n) is 15.9. The predicted molar refractivity (Wildman–Crippen MR) is 179 cm³/mol. The Bertz CT molecular complexity index is 1660. The van der Waals surface area contributed by atoms with Crippen LogP contribution >= 0.6 is 0 Å². The van der Waals surface area contributed by atoms with Gasteiger partial charge in [-0.15, -0.1) is 0 Å². The number of nitrogens with zero attached hydrogens (tertiary/aromatic N) is 4. The largest absolute Gasteiger partial charge is 0.493 e. The number of benzene rings is 2. The number of aryl methyl sites for hydroxylation is 2. The highest BCUT2D eigenvalue weighted by Gasteiger charge is 2.37. The molecule has 0 radical (unpaired) electrons. The van der Waals surface area contributed by atoms with Gasteiger partial charge in [0.05, 0.1) is 24.2 Å². The number of halogens is 1. The van der Waals surface area contributed by atoms with Gasteiger partial charge in [-0.25, -0.2) is 14.2 Å². The van der Waals surface area contributed by atoms with E-state index in [4.69, 9.17) is 14.5 Å². The Balaban J connectivity index is 1.63. The molecule has 4 aromatic rings. The maximum Gasteiger partial charge on any atom is 0.337 e. The molecule has 9 heteroatoms. The normalized spacial score (nSPS) is 15.5. The van der Waals surface area contributed by atoms with Crippen molar-refractivity contribution in [2.24, 2.45) is 12.5 Å². The van der Waals surface area contributed by atoms with Crippen LogP contribution in [0.5, 0.6) is 5.75 Å². The van der Waals surface area contributed by atoms with Crippen molar-refractivity contribution in [1.82, 2.24) is 14.5 Å². The third-order valence-electron chi connectivity index (χ3n) is 8.45. The Morgan fingerprint density at radius 2 is 1.72 bits per heavy atom. The quantitative estimate of drug-likeness (QED) is 0.192. The van der Waals surface area contributed by atoms with Gasteiger partial charge < -0.3 is 24.0 Å². The zero-order chi connectivity index (χ0) is 33.2. The number of ether oxygens (including phenoxy) is 2. The number of carbonyl (C=O) groups is 1. The Morgan fingerprint density at radius 3 is 2.28 bits per heavy atom. The van der Waals surface area contributed by atoms with E-state index in [1.165, 1.54) is 12.1 Å². The van der Waals surface area contributed by atoms with Crippen molar-refractivity contribution in [3.63, 3.8) is 0 Å². The third kappa shape index (κ3) is 7.76. The molecule has 0 unspecified atom stereocenters. The van der Waals surface area contributed by atoms with Gasteiger partial charge >= 0.3 is 5.97 Å². The molecule has 2 aromatic heterocycles. The molecule has 0 aliphatic carbocycles. The van der Waals surface area contributed by atoms with E-state index >= 15 is 0 Å². The number of aliphatic carboxylic acids is 1. The van der Waals surface area contributed by atoms with Gasteiger partial charge in [-0.2, -0.15) is 0 Å². The molecule has 0 saturated carbocycles. The molecule has 244 valence electrons. The summed E-state index contributed by atoms with van der Waals surface area (Å²) in [6.07, 6.45) is 5.03. The van der Waals surface area contributed by atoms with Crippen molar-refractivity contribution in [2.45, 2.75) is 72.5 Å². The summed E-state index contributed by atoms with van der Waals surface area (Å²) in [5, 5.41) is 10.6. The lowest BCUT2D eigenvalue weighted by molar-refractivity contribution is -0.160. The van der Waals surface area contributed by atoms with Crippen LogP contribution in [0.2, 0.25) is 0 Å². The van der Waals surface area contributed by atoms with Gasteiger partial charge in [0.1, 0.15) is 23.0 Å². The fourth-order valence-corrected chi connectivity index (χ4v) is 5.92. The third-order valence-corrected chi connectivity index (χ3v) is 8.45. The van der Waals surface area contributed by atoms with Crippen LogP contribution in [-0.4, -0.2) is 50.9 Å². The first-order chi connectivity index (χ1) is 21.7. The van der Waals surface area contributed by atoms with Crippen LogP contribution in [0.15, 0.2) is 61.1 Å². The molecule has 1 fully saturated rings. The van der Waals surface area contributed by atoms with E-state index < -0.39 is 17.7 Å². The highest BCUT2D eigenvalue weighted by Crippen LogP contribution is 2.47. The minimum atomic E-state index is -1.22. The average molecular weight is 629 g/mol. The number of hydrogen-bond donors (Lipinski definition) is 1. The van der Waals surface area contributed by atoms with Gasteiger partial charge in [0.25, 0.3) is 0 Å². The molecule has 5 rings (SSSR count). The van der Waals surface area contributed by atoms with Gasteiger partial charge in [-0.3, -0.25) is 4.98 Å². The Hall–Kier alpha value is -4.24. The maximum atomic E-state index is 13.3. The molecule has 1 aliphatic rings. The van der Waals surface area contributed by atoms with Gasteiger partial charge in [0, 0.05) is 49.6 Å². The minimum absolute atomic E-state index is 0.184. The molecule has 0 spiro atoms. The summed E-state index contributed by atoms with van der Waals surface area (Å²) in [7, 11) is 1.92. The second kappa shape index (κ2) is 13.2. The second-order valence-electron chi connectivity index (χ2n) is 14.0. The Kier molecular flexibility index (Phi) is 9.54. The molecule has 0 amide bonds. The molecule has 1 aliphatic heterocycles. The fraction of sp³-hybridized carbons (Fsp3) is 0.432. The number of hydrogen-bond acceptors (Lipinski definition) is 6. The van der Waals surface area contributed by atoms with Crippen LogP contribution in [0.25, 0.3) is 22.5 Å². The minimum Gasteiger partial charge on any atom is -0.493 e. The molecule has 2 aromatic carbocycles. The summed E-state index contributed by atoms with van der Waals surface area (Å²) in [4.78, 5) is 25.0. The number of carboxylic acid groups (broad SMARTS) is 1. The summed E-state index contributed by atoms with van der Waals surface area (Å²) < 4.78 is 27.5.